The van der Waals surface area contributed by atoms with Crippen LogP contribution < -0.4 is 14.2 Å². The summed E-state index contributed by atoms with van der Waals surface area (Å²) in [7, 11) is 4.37. The Kier molecular flexibility index (Phi) is 5.88. The molecule has 0 unspecified atom stereocenters. The van der Waals surface area contributed by atoms with Gasteiger partial charge >= 0.3 is 5.97 Å². The summed E-state index contributed by atoms with van der Waals surface area (Å²) in [4.78, 5) is 24.3. The second-order valence-electron chi connectivity index (χ2n) is 4.72. The summed E-state index contributed by atoms with van der Waals surface area (Å²) in [5.74, 6) is -0.152. The average molecular weight is 350 g/mol. The number of hydrogen-bond acceptors (Lipinski definition) is 9. The Balaban J connectivity index is 2.30. The molecule has 1 aromatic carbocycles. The number of tetrazole rings is 1. The van der Waals surface area contributed by atoms with Crippen LogP contribution in [0.2, 0.25) is 0 Å². The highest BCUT2D eigenvalue weighted by Gasteiger charge is 2.21. The number of benzene rings is 1. The first-order chi connectivity index (χ1) is 12.0. The summed E-state index contributed by atoms with van der Waals surface area (Å²) in [6.07, 6.45) is 0. The molecule has 0 amide bonds. The van der Waals surface area contributed by atoms with Crippen LogP contribution in [0.5, 0.6) is 17.2 Å². The third kappa shape index (κ3) is 3.84. The van der Waals surface area contributed by atoms with Gasteiger partial charge in [-0.25, -0.2) is 9.48 Å². The van der Waals surface area contributed by atoms with Crippen LogP contribution in [0.4, 0.5) is 0 Å². The third-order valence-electron chi connectivity index (χ3n) is 3.27. The van der Waals surface area contributed by atoms with Crippen molar-refractivity contribution < 1.29 is 28.5 Å². The van der Waals surface area contributed by atoms with Crippen LogP contribution in [0.15, 0.2) is 12.1 Å². The molecule has 0 N–H and O–H groups in total. The van der Waals surface area contributed by atoms with Crippen LogP contribution in [-0.4, -0.2) is 59.9 Å². The van der Waals surface area contributed by atoms with Crippen molar-refractivity contribution in [3.63, 3.8) is 0 Å². The van der Waals surface area contributed by atoms with E-state index in [0.29, 0.717) is 22.8 Å². The molecule has 25 heavy (non-hydrogen) atoms. The van der Waals surface area contributed by atoms with E-state index >= 15 is 0 Å². The predicted molar refractivity (Wildman–Crippen MR) is 84.2 cm³/mol. The van der Waals surface area contributed by atoms with Gasteiger partial charge in [-0.3, -0.25) is 4.79 Å². The van der Waals surface area contributed by atoms with E-state index in [1.165, 1.54) is 33.5 Å². The number of rotatable bonds is 8. The minimum Gasteiger partial charge on any atom is -0.493 e. The smallest absolute Gasteiger partial charge is 0.378 e. The maximum atomic E-state index is 12.6. The first kappa shape index (κ1) is 18.2. The van der Waals surface area contributed by atoms with Crippen molar-refractivity contribution in [3.8, 4) is 17.2 Å². The second kappa shape index (κ2) is 8.08. The van der Waals surface area contributed by atoms with Gasteiger partial charge in [0.1, 0.15) is 6.54 Å². The van der Waals surface area contributed by atoms with E-state index in [0.717, 1.165) is 4.68 Å². The second-order valence-corrected chi connectivity index (χ2v) is 4.72. The summed E-state index contributed by atoms with van der Waals surface area (Å²) in [5.41, 5.74) is 0.291. The molecule has 0 spiro atoms. The number of methoxy groups -OCH3 is 3. The lowest BCUT2D eigenvalue weighted by atomic mass is 10.1. The Bertz CT molecular complexity index is 748. The maximum Gasteiger partial charge on any atom is 0.378 e. The quantitative estimate of drug-likeness (QED) is 0.502. The van der Waals surface area contributed by atoms with Crippen molar-refractivity contribution in [3.05, 3.63) is 23.5 Å². The molecule has 1 aromatic heterocycles. The van der Waals surface area contributed by atoms with Crippen LogP contribution >= 0.6 is 0 Å². The van der Waals surface area contributed by atoms with Crippen molar-refractivity contribution in [1.82, 2.24) is 20.2 Å². The predicted octanol–water partition coefficient (Wildman–Crippen LogP) is 0.758. The molecule has 1 heterocycles. The van der Waals surface area contributed by atoms with Crippen LogP contribution in [0.3, 0.4) is 0 Å². The van der Waals surface area contributed by atoms with Gasteiger partial charge in [0.25, 0.3) is 5.82 Å². The molecule has 0 radical (unpaired) electrons. The summed E-state index contributed by atoms with van der Waals surface area (Å²) in [6.45, 7) is 1.58. The van der Waals surface area contributed by atoms with E-state index in [9.17, 15) is 9.59 Å². The van der Waals surface area contributed by atoms with E-state index in [1.54, 1.807) is 6.92 Å². The molecule has 10 heteroatoms. The molecule has 0 bridgehead atoms. The van der Waals surface area contributed by atoms with Crippen molar-refractivity contribution in [2.75, 3.05) is 27.9 Å². The lowest BCUT2D eigenvalue weighted by Crippen LogP contribution is -2.19. The minimum atomic E-state index is -0.704. The van der Waals surface area contributed by atoms with Crippen molar-refractivity contribution in [2.45, 2.75) is 13.5 Å². The first-order valence-electron chi connectivity index (χ1n) is 7.32. The van der Waals surface area contributed by atoms with Gasteiger partial charge in [-0.05, 0) is 29.5 Å². The summed E-state index contributed by atoms with van der Waals surface area (Å²) in [6, 6.07) is 3.02. The van der Waals surface area contributed by atoms with Gasteiger partial charge in [0.15, 0.2) is 17.3 Å². The van der Waals surface area contributed by atoms with Crippen molar-refractivity contribution in [2.24, 2.45) is 0 Å². The number of Topliss-reactive ketones (excluding diaryl/α,β-unsaturated/α-hetero) is 1. The Morgan fingerprint density at radius 3 is 2.24 bits per heavy atom. The fourth-order valence-corrected chi connectivity index (χ4v) is 2.12. The molecule has 0 atom stereocenters. The summed E-state index contributed by atoms with van der Waals surface area (Å²) in [5, 5.41) is 10.6. The lowest BCUT2D eigenvalue weighted by Gasteiger charge is -2.13. The Hall–Kier alpha value is -3.17. The highest BCUT2D eigenvalue weighted by atomic mass is 16.5. The van der Waals surface area contributed by atoms with Gasteiger partial charge < -0.3 is 18.9 Å². The van der Waals surface area contributed by atoms with Gasteiger partial charge in [0, 0.05) is 5.56 Å². The van der Waals surface area contributed by atoms with E-state index < -0.39 is 5.97 Å². The van der Waals surface area contributed by atoms with E-state index in [1.807, 2.05) is 0 Å². The zero-order valence-corrected chi connectivity index (χ0v) is 14.3. The molecule has 0 aliphatic carbocycles. The molecular formula is C15H18N4O6. The normalized spacial score (nSPS) is 10.2. The number of esters is 1. The molecule has 0 aliphatic rings. The first-order valence-corrected chi connectivity index (χ1v) is 7.32. The molecule has 2 aromatic rings. The maximum absolute atomic E-state index is 12.6. The van der Waals surface area contributed by atoms with Gasteiger partial charge in [-0.1, -0.05) is 0 Å². The van der Waals surface area contributed by atoms with E-state index in [2.05, 4.69) is 15.5 Å². The van der Waals surface area contributed by atoms with Crippen molar-refractivity contribution in [1.29, 1.82) is 0 Å². The average Bonchev–Trinajstić information content (AvgIpc) is 3.08. The summed E-state index contributed by atoms with van der Waals surface area (Å²) < 4.78 is 21.6. The largest absolute Gasteiger partial charge is 0.493 e. The van der Waals surface area contributed by atoms with Crippen LogP contribution in [0.25, 0.3) is 0 Å². The number of aromatic nitrogens is 4. The van der Waals surface area contributed by atoms with Crippen LogP contribution in [-0.2, 0) is 11.3 Å². The zero-order valence-electron chi connectivity index (χ0n) is 14.3. The van der Waals surface area contributed by atoms with E-state index in [-0.39, 0.29) is 24.8 Å². The molecule has 0 fully saturated rings. The topological polar surface area (TPSA) is 115 Å². The SMILES string of the molecule is CCOC(=O)c1nnnn1CC(=O)c1cc(OC)c(OC)c(OC)c1. The monoisotopic (exact) mass is 350 g/mol. The fourth-order valence-electron chi connectivity index (χ4n) is 2.12. The van der Waals surface area contributed by atoms with Crippen molar-refractivity contribution >= 4 is 11.8 Å². The number of ketones is 1. The molecule has 0 saturated carbocycles. The van der Waals surface area contributed by atoms with Crippen LogP contribution in [0, 0.1) is 0 Å². The summed E-state index contributed by atoms with van der Waals surface area (Å²) >= 11 is 0. The van der Waals surface area contributed by atoms with Gasteiger partial charge in [0.05, 0.1) is 27.9 Å². The van der Waals surface area contributed by atoms with Crippen LogP contribution in [0.1, 0.15) is 27.9 Å². The number of carbonyl (C=O) groups is 2. The van der Waals surface area contributed by atoms with Gasteiger partial charge in [-0.15, -0.1) is 5.10 Å². The molecule has 0 saturated heterocycles. The number of ether oxygens (including phenoxy) is 4. The van der Waals surface area contributed by atoms with Gasteiger partial charge in [-0.2, -0.15) is 0 Å². The highest BCUT2D eigenvalue weighted by Crippen LogP contribution is 2.38. The standard InChI is InChI=1S/C15H18N4O6/c1-5-25-15(21)14-16-17-18-19(14)8-10(20)9-6-11(22-2)13(24-4)12(7-9)23-3/h6-7H,5,8H2,1-4H3. The number of carbonyl (C=O) groups excluding carboxylic acids is 2. The Morgan fingerprint density at radius 2 is 1.72 bits per heavy atom. The Labute approximate surface area is 143 Å². The molecule has 10 nitrogen and oxygen atoms in total. The molecule has 2 rings (SSSR count). The number of hydrogen-bond donors (Lipinski definition) is 0. The lowest BCUT2D eigenvalue weighted by molar-refractivity contribution is 0.0504. The van der Waals surface area contributed by atoms with Gasteiger partial charge in [0.2, 0.25) is 5.75 Å². The highest BCUT2D eigenvalue weighted by molar-refractivity contribution is 5.97. The van der Waals surface area contributed by atoms with E-state index in [4.69, 9.17) is 18.9 Å². The Morgan fingerprint density at radius 1 is 1.08 bits per heavy atom. The third-order valence-corrected chi connectivity index (χ3v) is 3.27. The zero-order chi connectivity index (χ0) is 18.4. The fraction of sp³-hybridized carbons (Fsp3) is 0.400. The molecule has 134 valence electrons. The molecular weight excluding hydrogens is 332 g/mol. The number of nitrogens with zero attached hydrogens (tertiary/aromatic N) is 4. The minimum absolute atomic E-state index is 0.150. The molecule has 0 aliphatic heterocycles.